The van der Waals surface area contributed by atoms with Crippen LogP contribution in [0.15, 0.2) is 41.9 Å². The van der Waals surface area contributed by atoms with Crippen LogP contribution in [0.2, 0.25) is 0 Å². The highest BCUT2D eigenvalue weighted by atomic mass is 32.1. The first-order valence-electron chi connectivity index (χ1n) is 7.73. The summed E-state index contributed by atoms with van der Waals surface area (Å²) in [5.74, 6) is -0.125. The van der Waals surface area contributed by atoms with Crippen molar-refractivity contribution in [3.05, 3.63) is 63.7 Å². The first-order chi connectivity index (χ1) is 11.7. The topological polar surface area (TPSA) is 78.0 Å². The van der Waals surface area contributed by atoms with Gasteiger partial charge in [0.15, 0.2) is 0 Å². The maximum Gasteiger partial charge on any atom is 0.267 e. The number of aromatic amines is 1. The van der Waals surface area contributed by atoms with Gasteiger partial charge in [-0.25, -0.2) is 4.98 Å². The molecule has 0 aliphatic carbocycles. The van der Waals surface area contributed by atoms with E-state index in [0.29, 0.717) is 12.2 Å². The van der Waals surface area contributed by atoms with E-state index in [1.165, 1.54) is 0 Å². The van der Waals surface area contributed by atoms with Crippen molar-refractivity contribution in [1.29, 1.82) is 0 Å². The number of rotatable bonds is 6. The molecule has 0 fully saturated rings. The van der Waals surface area contributed by atoms with Crippen molar-refractivity contribution < 1.29 is 9.90 Å². The molecule has 2 heterocycles. The molecule has 0 radical (unpaired) electrons. The first-order valence-corrected chi connectivity index (χ1v) is 8.61. The van der Waals surface area contributed by atoms with Crippen LogP contribution in [0.5, 0.6) is 0 Å². The van der Waals surface area contributed by atoms with Crippen molar-refractivity contribution in [3.8, 4) is 11.3 Å². The minimum atomic E-state index is -0.125. The molecule has 0 atom stereocenters. The number of aliphatic hydroxyl groups is 1. The molecule has 0 aliphatic rings. The number of carbonyl (C=O) groups is 1. The molecule has 3 aromatic rings. The molecule has 24 heavy (non-hydrogen) atoms. The van der Waals surface area contributed by atoms with Gasteiger partial charge in [0, 0.05) is 23.7 Å². The van der Waals surface area contributed by atoms with E-state index in [-0.39, 0.29) is 12.5 Å². The minimum Gasteiger partial charge on any atom is -0.392 e. The lowest BCUT2D eigenvalue weighted by molar-refractivity contribution is 0.0950. The summed E-state index contributed by atoms with van der Waals surface area (Å²) in [6, 6.07) is 9.54. The van der Waals surface area contributed by atoms with Gasteiger partial charge in [-0.2, -0.15) is 0 Å². The highest BCUT2D eigenvalue weighted by molar-refractivity contribution is 7.09. The first kappa shape index (κ1) is 16.4. The molecule has 0 aliphatic heterocycles. The molecule has 5 nitrogen and oxygen atoms in total. The number of nitrogens with zero attached hydrogens (tertiary/aromatic N) is 1. The predicted molar refractivity (Wildman–Crippen MR) is 95.0 cm³/mol. The average molecular weight is 341 g/mol. The van der Waals surface area contributed by atoms with Crippen LogP contribution in [-0.4, -0.2) is 27.5 Å². The Balaban J connectivity index is 1.54. The van der Waals surface area contributed by atoms with Crippen molar-refractivity contribution >= 4 is 17.2 Å². The molecule has 0 saturated carbocycles. The number of hydrogen-bond acceptors (Lipinski definition) is 4. The van der Waals surface area contributed by atoms with Crippen LogP contribution in [0.1, 0.15) is 26.6 Å². The molecule has 3 rings (SSSR count). The van der Waals surface area contributed by atoms with Gasteiger partial charge in [0.05, 0.1) is 17.3 Å². The number of hydrogen-bond donors (Lipinski definition) is 3. The normalized spacial score (nSPS) is 10.8. The van der Waals surface area contributed by atoms with Crippen molar-refractivity contribution in [2.75, 3.05) is 6.54 Å². The second kappa shape index (κ2) is 7.42. The Labute approximate surface area is 144 Å². The number of aryl methyl sites for hydroxylation is 1. The number of aliphatic hydroxyl groups excluding tert-OH is 1. The third kappa shape index (κ3) is 3.90. The maximum absolute atomic E-state index is 12.2. The fourth-order valence-corrected chi connectivity index (χ4v) is 3.02. The summed E-state index contributed by atoms with van der Waals surface area (Å²) in [6.07, 6.45) is 2.55. The summed E-state index contributed by atoms with van der Waals surface area (Å²) in [5.41, 5.74) is 4.35. The van der Waals surface area contributed by atoms with Crippen molar-refractivity contribution in [2.24, 2.45) is 0 Å². The Morgan fingerprint density at radius 1 is 1.29 bits per heavy atom. The van der Waals surface area contributed by atoms with E-state index in [1.807, 2.05) is 42.6 Å². The van der Waals surface area contributed by atoms with Crippen LogP contribution in [0.3, 0.4) is 0 Å². The zero-order chi connectivity index (χ0) is 16.9. The zero-order valence-electron chi connectivity index (χ0n) is 13.4. The minimum absolute atomic E-state index is 0.0463. The number of H-pyrrole nitrogens is 1. The molecule has 0 saturated heterocycles. The lowest BCUT2D eigenvalue weighted by Gasteiger charge is -2.05. The number of thiazole rings is 1. The fraction of sp³-hybridized carbons (Fsp3) is 0.222. The molecule has 0 bridgehead atoms. The molecule has 2 aromatic heterocycles. The van der Waals surface area contributed by atoms with E-state index < -0.39 is 0 Å². The second-order valence-corrected chi connectivity index (χ2v) is 6.60. The molecule has 6 heteroatoms. The van der Waals surface area contributed by atoms with Crippen LogP contribution in [-0.2, 0) is 13.0 Å². The third-order valence-corrected chi connectivity index (χ3v) is 4.52. The van der Waals surface area contributed by atoms with E-state index in [1.54, 1.807) is 17.5 Å². The summed E-state index contributed by atoms with van der Waals surface area (Å²) >= 11 is 1.59. The number of nitrogens with one attached hydrogen (secondary N) is 2. The van der Waals surface area contributed by atoms with E-state index in [9.17, 15) is 4.79 Å². The highest BCUT2D eigenvalue weighted by Crippen LogP contribution is 2.22. The molecule has 1 amide bonds. The smallest absolute Gasteiger partial charge is 0.267 e. The zero-order valence-corrected chi connectivity index (χ0v) is 14.2. The van der Waals surface area contributed by atoms with E-state index in [0.717, 1.165) is 33.8 Å². The average Bonchev–Trinajstić information content (AvgIpc) is 3.24. The molecular formula is C18H19N3O2S. The number of carbonyl (C=O) groups excluding carboxylic acids is 1. The lowest BCUT2D eigenvalue weighted by atomic mass is 10.1. The quantitative estimate of drug-likeness (QED) is 0.645. The van der Waals surface area contributed by atoms with Gasteiger partial charge < -0.3 is 15.4 Å². The Kier molecular flexibility index (Phi) is 5.08. The predicted octanol–water partition coefficient (Wildman–Crippen LogP) is 2.91. The molecular weight excluding hydrogens is 322 g/mol. The standard InChI is InChI=1S/C18H19N3O2S/c1-12-21-17(11-24-12)15-8-16(20-9-15)18(23)19-7-6-13-2-4-14(10-22)5-3-13/h2-5,8-9,11,20,22H,6-7,10H2,1H3,(H,19,23). The summed E-state index contributed by atoms with van der Waals surface area (Å²) in [5, 5.41) is 14.9. The molecule has 0 unspecified atom stereocenters. The highest BCUT2D eigenvalue weighted by Gasteiger charge is 2.10. The Bertz CT molecular complexity index is 821. The van der Waals surface area contributed by atoms with Crippen LogP contribution >= 0.6 is 11.3 Å². The Hall–Kier alpha value is -2.44. The van der Waals surface area contributed by atoms with Crippen LogP contribution < -0.4 is 5.32 Å². The molecule has 124 valence electrons. The number of benzene rings is 1. The fourth-order valence-electron chi connectivity index (χ4n) is 2.40. The maximum atomic E-state index is 12.2. The number of aromatic nitrogens is 2. The van der Waals surface area contributed by atoms with Gasteiger partial charge in [0.1, 0.15) is 5.69 Å². The molecule has 0 spiro atoms. The SMILES string of the molecule is Cc1nc(-c2c[nH]c(C(=O)NCCc3ccc(CO)cc3)c2)cs1. The number of amides is 1. The summed E-state index contributed by atoms with van der Waals surface area (Å²) in [4.78, 5) is 19.6. The van der Waals surface area contributed by atoms with Gasteiger partial charge >= 0.3 is 0 Å². The van der Waals surface area contributed by atoms with Gasteiger partial charge in [-0.3, -0.25) is 4.79 Å². The summed E-state index contributed by atoms with van der Waals surface area (Å²) in [6.45, 7) is 2.56. The summed E-state index contributed by atoms with van der Waals surface area (Å²) in [7, 11) is 0. The third-order valence-electron chi connectivity index (χ3n) is 3.75. The van der Waals surface area contributed by atoms with Crippen LogP contribution in [0.4, 0.5) is 0 Å². The van der Waals surface area contributed by atoms with Crippen molar-refractivity contribution in [1.82, 2.24) is 15.3 Å². The van der Waals surface area contributed by atoms with Gasteiger partial charge in [0.25, 0.3) is 5.91 Å². The van der Waals surface area contributed by atoms with Gasteiger partial charge in [-0.1, -0.05) is 24.3 Å². The van der Waals surface area contributed by atoms with Gasteiger partial charge in [-0.05, 0) is 30.5 Å². The van der Waals surface area contributed by atoms with Crippen LogP contribution in [0.25, 0.3) is 11.3 Å². The second-order valence-electron chi connectivity index (χ2n) is 5.53. The molecule has 1 aromatic carbocycles. The summed E-state index contributed by atoms with van der Waals surface area (Å²) < 4.78 is 0. The van der Waals surface area contributed by atoms with Crippen molar-refractivity contribution in [3.63, 3.8) is 0 Å². The van der Waals surface area contributed by atoms with Crippen LogP contribution in [0, 0.1) is 6.92 Å². The van der Waals surface area contributed by atoms with Crippen molar-refractivity contribution in [2.45, 2.75) is 20.0 Å². The van der Waals surface area contributed by atoms with Gasteiger partial charge in [-0.15, -0.1) is 11.3 Å². The van der Waals surface area contributed by atoms with E-state index in [2.05, 4.69) is 15.3 Å². The lowest BCUT2D eigenvalue weighted by Crippen LogP contribution is -2.25. The van der Waals surface area contributed by atoms with Gasteiger partial charge in [0.2, 0.25) is 0 Å². The molecule has 3 N–H and O–H groups in total. The monoisotopic (exact) mass is 341 g/mol. The largest absolute Gasteiger partial charge is 0.392 e. The van der Waals surface area contributed by atoms with E-state index >= 15 is 0 Å². The Morgan fingerprint density at radius 2 is 2.04 bits per heavy atom. The van der Waals surface area contributed by atoms with E-state index in [4.69, 9.17) is 5.11 Å². The Morgan fingerprint density at radius 3 is 2.71 bits per heavy atom.